The highest BCUT2D eigenvalue weighted by atomic mass is 16.2. The lowest BCUT2D eigenvalue weighted by atomic mass is 9.98. The Morgan fingerprint density at radius 3 is 2.61 bits per heavy atom. The van der Waals surface area contributed by atoms with Crippen molar-refractivity contribution in [3.05, 3.63) is 0 Å². The summed E-state index contributed by atoms with van der Waals surface area (Å²) >= 11 is 0. The van der Waals surface area contributed by atoms with Crippen molar-refractivity contribution in [2.75, 3.05) is 26.2 Å². The Morgan fingerprint density at radius 2 is 2.09 bits per heavy atom. The zero-order valence-electron chi connectivity index (χ0n) is 14.2. The van der Waals surface area contributed by atoms with Gasteiger partial charge in [0, 0.05) is 31.7 Å². The quantitative estimate of drug-likeness (QED) is 0.744. The van der Waals surface area contributed by atoms with Crippen molar-refractivity contribution in [1.82, 2.24) is 20.0 Å². The lowest BCUT2D eigenvalue weighted by molar-refractivity contribution is -0.134. The fourth-order valence-corrected chi connectivity index (χ4v) is 3.72. The number of carbonyl (C=O) groups excluding carboxylic acids is 3. The molecule has 2 heterocycles. The monoisotopic (exact) mass is 322 g/mol. The molecule has 1 N–H and O–H groups in total. The summed E-state index contributed by atoms with van der Waals surface area (Å²) < 4.78 is 0. The van der Waals surface area contributed by atoms with E-state index in [1.54, 1.807) is 0 Å². The van der Waals surface area contributed by atoms with Gasteiger partial charge in [0.05, 0.1) is 6.54 Å². The Kier molecular flexibility index (Phi) is 4.08. The van der Waals surface area contributed by atoms with Gasteiger partial charge in [-0.2, -0.15) is 0 Å². The van der Waals surface area contributed by atoms with E-state index < -0.39 is 5.54 Å². The van der Waals surface area contributed by atoms with Crippen LogP contribution in [0.4, 0.5) is 4.79 Å². The number of likely N-dealkylation sites (N-methyl/N-ethyl adjacent to an activating group) is 1. The van der Waals surface area contributed by atoms with Crippen molar-refractivity contribution >= 4 is 17.8 Å². The van der Waals surface area contributed by atoms with Crippen molar-refractivity contribution in [3.63, 3.8) is 0 Å². The Balaban J connectivity index is 1.63. The van der Waals surface area contributed by atoms with Crippen LogP contribution in [0.25, 0.3) is 0 Å². The second kappa shape index (κ2) is 5.78. The number of urea groups is 1. The number of rotatable bonds is 5. The van der Waals surface area contributed by atoms with Crippen LogP contribution in [0.15, 0.2) is 0 Å². The van der Waals surface area contributed by atoms with Gasteiger partial charge < -0.3 is 10.2 Å². The van der Waals surface area contributed by atoms with Gasteiger partial charge in [0.15, 0.2) is 0 Å². The second-order valence-corrected chi connectivity index (χ2v) is 7.15. The standard InChI is InChI=1S/C16H26N4O3/c1-4-19(12-5-6-12)13(21)9-18-8-7-16(10-18)14(22)20(11(2)3)15(23)17-16/h11-12H,4-10H2,1-3H3,(H,17,23)/t16-/m0/s1. The molecule has 3 aliphatic rings. The van der Waals surface area contributed by atoms with Gasteiger partial charge in [0.1, 0.15) is 5.54 Å². The van der Waals surface area contributed by atoms with Crippen molar-refractivity contribution in [2.24, 2.45) is 0 Å². The van der Waals surface area contributed by atoms with Crippen LogP contribution in [0.1, 0.15) is 40.0 Å². The van der Waals surface area contributed by atoms with Crippen LogP contribution in [-0.2, 0) is 9.59 Å². The summed E-state index contributed by atoms with van der Waals surface area (Å²) in [5.74, 6) is -0.0217. The molecule has 7 heteroatoms. The Morgan fingerprint density at radius 1 is 1.39 bits per heavy atom. The number of hydrogen-bond acceptors (Lipinski definition) is 4. The van der Waals surface area contributed by atoms with Gasteiger partial charge in [-0.1, -0.05) is 0 Å². The van der Waals surface area contributed by atoms with Crippen molar-refractivity contribution in [2.45, 2.75) is 57.7 Å². The number of imide groups is 1. The van der Waals surface area contributed by atoms with Crippen LogP contribution in [0.5, 0.6) is 0 Å². The Hall–Kier alpha value is -1.63. The number of nitrogens with one attached hydrogen (secondary N) is 1. The van der Waals surface area contributed by atoms with Gasteiger partial charge in [0.25, 0.3) is 5.91 Å². The number of amides is 4. The molecule has 0 aromatic carbocycles. The molecule has 23 heavy (non-hydrogen) atoms. The van der Waals surface area contributed by atoms with Gasteiger partial charge in [-0.25, -0.2) is 4.79 Å². The highest BCUT2D eigenvalue weighted by Crippen LogP contribution is 2.31. The maximum absolute atomic E-state index is 12.6. The van der Waals surface area contributed by atoms with Crippen LogP contribution in [-0.4, -0.2) is 76.3 Å². The summed E-state index contributed by atoms with van der Waals surface area (Å²) in [5.41, 5.74) is -0.835. The molecular weight excluding hydrogens is 296 g/mol. The van der Waals surface area contributed by atoms with Gasteiger partial charge in [-0.15, -0.1) is 0 Å². The summed E-state index contributed by atoms with van der Waals surface area (Å²) in [6, 6.07) is -0.0531. The molecule has 0 aromatic rings. The molecule has 0 bridgehead atoms. The highest BCUT2D eigenvalue weighted by Gasteiger charge is 2.55. The first-order valence-electron chi connectivity index (χ1n) is 8.55. The van der Waals surface area contributed by atoms with E-state index in [1.165, 1.54) is 4.90 Å². The van der Waals surface area contributed by atoms with Gasteiger partial charge in [0.2, 0.25) is 5.91 Å². The molecule has 1 spiro atoms. The molecule has 1 atom stereocenters. The molecule has 7 nitrogen and oxygen atoms in total. The zero-order valence-corrected chi connectivity index (χ0v) is 14.2. The Labute approximate surface area is 137 Å². The van der Waals surface area contributed by atoms with Crippen molar-refractivity contribution in [1.29, 1.82) is 0 Å². The largest absolute Gasteiger partial charge is 0.339 e. The van der Waals surface area contributed by atoms with Gasteiger partial charge in [-0.05, 0) is 40.0 Å². The zero-order chi connectivity index (χ0) is 16.8. The van der Waals surface area contributed by atoms with Crippen molar-refractivity contribution in [3.8, 4) is 0 Å². The van der Waals surface area contributed by atoms with E-state index in [4.69, 9.17) is 0 Å². The van der Waals surface area contributed by atoms with E-state index in [2.05, 4.69) is 5.32 Å². The third-order valence-corrected chi connectivity index (χ3v) is 5.07. The minimum atomic E-state index is -0.835. The first kappa shape index (κ1) is 16.2. The molecule has 2 aliphatic heterocycles. The van der Waals surface area contributed by atoms with Crippen LogP contribution in [0.2, 0.25) is 0 Å². The smallest absolute Gasteiger partial charge is 0.325 e. The third-order valence-electron chi connectivity index (χ3n) is 5.07. The molecule has 0 aromatic heterocycles. The van der Waals surface area contributed by atoms with Gasteiger partial charge >= 0.3 is 6.03 Å². The molecule has 3 rings (SSSR count). The minimum Gasteiger partial charge on any atom is -0.339 e. The molecule has 2 saturated heterocycles. The topological polar surface area (TPSA) is 73.0 Å². The second-order valence-electron chi connectivity index (χ2n) is 7.15. The fraction of sp³-hybridized carbons (Fsp3) is 0.812. The maximum atomic E-state index is 12.6. The number of likely N-dealkylation sites (tertiary alicyclic amines) is 1. The average Bonchev–Trinajstić information content (AvgIpc) is 3.16. The Bertz CT molecular complexity index is 531. The molecule has 1 saturated carbocycles. The van der Waals surface area contributed by atoms with E-state index in [9.17, 15) is 14.4 Å². The lowest BCUT2D eigenvalue weighted by Gasteiger charge is -2.25. The molecule has 0 radical (unpaired) electrons. The molecule has 3 fully saturated rings. The SMILES string of the molecule is CCN(C(=O)CN1CC[C@@]2(C1)NC(=O)N(C(C)C)C2=O)C1CC1. The number of nitrogens with zero attached hydrogens (tertiary/aromatic N) is 3. The summed E-state index contributed by atoms with van der Waals surface area (Å²) in [7, 11) is 0. The third kappa shape index (κ3) is 2.82. The molecular formula is C16H26N4O3. The normalized spacial score (nSPS) is 28.1. The van der Waals surface area contributed by atoms with Crippen LogP contribution in [0, 0.1) is 0 Å². The van der Waals surface area contributed by atoms with E-state index in [-0.39, 0.29) is 23.9 Å². The summed E-state index contributed by atoms with van der Waals surface area (Å²) in [6.45, 7) is 7.82. The summed E-state index contributed by atoms with van der Waals surface area (Å²) in [4.78, 5) is 42.4. The van der Waals surface area contributed by atoms with Crippen molar-refractivity contribution < 1.29 is 14.4 Å². The predicted octanol–water partition coefficient (Wildman–Crippen LogP) is 0.402. The molecule has 128 valence electrons. The number of hydrogen-bond donors (Lipinski definition) is 1. The molecule has 1 aliphatic carbocycles. The number of carbonyl (C=O) groups is 3. The fourth-order valence-electron chi connectivity index (χ4n) is 3.72. The van der Waals surface area contributed by atoms with Gasteiger partial charge in [-0.3, -0.25) is 19.4 Å². The minimum absolute atomic E-state index is 0.129. The molecule has 0 unspecified atom stereocenters. The van der Waals surface area contributed by atoms with Crippen LogP contribution >= 0.6 is 0 Å². The van der Waals surface area contributed by atoms with E-state index in [1.807, 2.05) is 30.6 Å². The van der Waals surface area contributed by atoms with Crippen LogP contribution < -0.4 is 5.32 Å². The van der Waals surface area contributed by atoms with E-state index in [0.717, 1.165) is 19.4 Å². The van der Waals surface area contributed by atoms with E-state index in [0.29, 0.717) is 32.1 Å². The molecule has 4 amide bonds. The average molecular weight is 322 g/mol. The summed E-state index contributed by atoms with van der Waals surface area (Å²) in [5, 5.41) is 2.86. The highest BCUT2D eigenvalue weighted by molar-refractivity contribution is 6.07. The van der Waals surface area contributed by atoms with Crippen LogP contribution in [0.3, 0.4) is 0 Å². The summed E-state index contributed by atoms with van der Waals surface area (Å²) in [6.07, 6.45) is 2.77. The first-order chi connectivity index (χ1) is 10.9. The predicted molar refractivity (Wildman–Crippen MR) is 84.7 cm³/mol. The lowest BCUT2D eigenvalue weighted by Crippen LogP contribution is -2.50. The maximum Gasteiger partial charge on any atom is 0.325 e. The first-order valence-corrected chi connectivity index (χ1v) is 8.55. The van der Waals surface area contributed by atoms with E-state index >= 15 is 0 Å².